The first-order valence-corrected chi connectivity index (χ1v) is 8.21. The monoisotopic (exact) mass is 326 g/mol. The minimum atomic E-state index is -0.0482. The van der Waals surface area contributed by atoms with Crippen molar-refractivity contribution in [1.29, 1.82) is 0 Å². The molecule has 0 bridgehead atoms. The van der Waals surface area contributed by atoms with Crippen LogP contribution >= 0.6 is 0 Å². The van der Waals surface area contributed by atoms with Crippen molar-refractivity contribution in [2.75, 3.05) is 26.8 Å². The van der Waals surface area contributed by atoms with Crippen LogP contribution in [0, 0.1) is 0 Å². The molecule has 1 aliphatic heterocycles. The number of nitrogens with zero attached hydrogens (tertiary/aromatic N) is 2. The van der Waals surface area contributed by atoms with E-state index in [9.17, 15) is 4.79 Å². The topological polar surface area (TPSA) is 51.7 Å². The second kappa shape index (κ2) is 7.93. The van der Waals surface area contributed by atoms with E-state index in [2.05, 4.69) is 17.1 Å². The van der Waals surface area contributed by atoms with Gasteiger partial charge in [-0.15, -0.1) is 0 Å². The third-order valence-corrected chi connectivity index (χ3v) is 4.22. The summed E-state index contributed by atoms with van der Waals surface area (Å²) in [5, 5.41) is 0. The molecule has 1 aromatic heterocycles. The first-order valence-electron chi connectivity index (χ1n) is 8.21. The molecule has 1 aliphatic rings. The summed E-state index contributed by atoms with van der Waals surface area (Å²) in [6.45, 7) is 1.76. The highest BCUT2D eigenvalue weighted by molar-refractivity contribution is 5.96. The molecule has 0 saturated carbocycles. The second-order valence-electron chi connectivity index (χ2n) is 5.83. The van der Waals surface area contributed by atoms with Gasteiger partial charge in [0.2, 0.25) is 5.88 Å². The number of methoxy groups -OCH3 is 1. The highest BCUT2D eigenvalue weighted by atomic mass is 16.5. The molecule has 0 N–H and O–H groups in total. The fourth-order valence-corrected chi connectivity index (χ4v) is 2.94. The van der Waals surface area contributed by atoms with Gasteiger partial charge in [-0.2, -0.15) is 0 Å². The number of carbonyl (C=O) groups excluding carboxylic acids is 1. The zero-order valence-electron chi connectivity index (χ0n) is 13.9. The molecule has 1 fully saturated rings. The van der Waals surface area contributed by atoms with E-state index < -0.39 is 0 Å². The van der Waals surface area contributed by atoms with E-state index in [1.165, 1.54) is 12.7 Å². The lowest BCUT2D eigenvalue weighted by Crippen LogP contribution is -2.45. The molecule has 2 heterocycles. The number of amides is 1. The number of benzene rings is 1. The number of carbonyl (C=O) groups is 1. The molecular weight excluding hydrogens is 304 g/mol. The molecule has 1 amide bonds. The third-order valence-electron chi connectivity index (χ3n) is 4.22. The number of rotatable bonds is 5. The van der Waals surface area contributed by atoms with Gasteiger partial charge < -0.3 is 14.4 Å². The Bertz CT molecular complexity index is 675. The number of ether oxygens (including phenoxy) is 2. The van der Waals surface area contributed by atoms with Crippen LogP contribution in [0.2, 0.25) is 0 Å². The van der Waals surface area contributed by atoms with Crippen molar-refractivity contribution in [1.82, 2.24) is 9.88 Å². The maximum Gasteiger partial charge on any atom is 0.259 e. The minimum absolute atomic E-state index is 0.0482. The lowest BCUT2D eigenvalue weighted by Gasteiger charge is -2.33. The maximum absolute atomic E-state index is 12.7. The third kappa shape index (κ3) is 3.92. The summed E-state index contributed by atoms with van der Waals surface area (Å²) in [5.74, 6) is 0.322. The van der Waals surface area contributed by atoms with Gasteiger partial charge in [-0.25, -0.2) is 4.98 Å². The summed E-state index contributed by atoms with van der Waals surface area (Å²) in [4.78, 5) is 18.7. The van der Waals surface area contributed by atoms with Crippen LogP contribution in [0.4, 0.5) is 0 Å². The van der Waals surface area contributed by atoms with Crippen molar-refractivity contribution in [2.45, 2.75) is 18.9 Å². The summed E-state index contributed by atoms with van der Waals surface area (Å²) < 4.78 is 11.0. The smallest absolute Gasteiger partial charge is 0.259 e. The summed E-state index contributed by atoms with van der Waals surface area (Å²) in [5.41, 5.74) is 1.79. The summed E-state index contributed by atoms with van der Waals surface area (Å²) in [6.07, 6.45) is 3.53. The standard InChI is InChI=1S/C19H22N2O3/c1-23-18-17(8-5-11-20-18)19(22)21-12-13-24-16(14-21)10-9-15-6-3-2-4-7-15/h2-8,11,16H,9-10,12-14H2,1H3/t16-/m1/s1. The molecular formula is C19H22N2O3. The average molecular weight is 326 g/mol. The lowest BCUT2D eigenvalue weighted by molar-refractivity contribution is -0.0247. The average Bonchev–Trinajstić information content (AvgIpc) is 2.67. The summed E-state index contributed by atoms with van der Waals surface area (Å²) in [7, 11) is 1.53. The van der Waals surface area contributed by atoms with Crippen molar-refractivity contribution in [3.05, 3.63) is 59.8 Å². The van der Waals surface area contributed by atoms with Gasteiger partial charge in [0.1, 0.15) is 5.56 Å². The molecule has 0 aliphatic carbocycles. The molecule has 1 saturated heterocycles. The summed E-state index contributed by atoms with van der Waals surface area (Å²) in [6, 6.07) is 13.8. The van der Waals surface area contributed by atoms with Crippen LogP contribution in [0.1, 0.15) is 22.3 Å². The van der Waals surface area contributed by atoms with Crippen molar-refractivity contribution in [3.8, 4) is 5.88 Å². The number of aromatic nitrogens is 1. The highest BCUT2D eigenvalue weighted by Crippen LogP contribution is 2.19. The van der Waals surface area contributed by atoms with E-state index in [1.807, 2.05) is 23.1 Å². The van der Waals surface area contributed by atoms with Gasteiger partial charge in [-0.1, -0.05) is 30.3 Å². The molecule has 0 spiro atoms. The van der Waals surface area contributed by atoms with Gasteiger partial charge in [-0.3, -0.25) is 4.79 Å². The number of pyridine rings is 1. The van der Waals surface area contributed by atoms with Gasteiger partial charge in [0, 0.05) is 19.3 Å². The van der Waals surface area contributed by atoms with Gasteiger partial charge in [0.05, 0.1) is 19.8 Å². The van der Waals surface area contributed by atoms with E-state index in [0.717, 1.165) is 12.8 Å². The van der Waals surface area contributed by atoms with Crippen molar-refractivity contribution < 1.29 is 14.3 Å². The fourth-order valence-electron chi connectivity index (χ4n) is 2.94. The predicted molar refractivity (Wildman–Crippen MR) is 91.2 cm³/mol. The minimum Gasteiger partial charge on any atom is -0.480 e. The van der Waals surface area contributed by atoms with Crippen LogP contribution in [0.5, 0.6) is 5.88 Å². The van der Waals surface area contributed by atoms with Crippen LogP contribution in [0.15, 0.2) is 48.7 Å². The number of hydrogen-bond donors (Lipinski definition) is 0. The Morgan fingerprint density at radius 2 is 2.12 bits per heavy atom. The molecule has 2 aromatic rings. The van der Waals surface area contributed by atoms with Gasteiger partial charge in [0.25, 0.3) is 5.91 Å². The Hall–Kier alpha value is -2.40. The second-order valence-corrected chi connectivity index (χ2v) is 5.83. The van der Waals surface area contributed by atoms with E-state index in [1.54, 1.807) is 18.3 Å². The van der Waals surface area contributed by atoms with Crippen molar-refractivity contribution in [2.24, 2.45) is 0 Å². The molecule has 3 rings (SSSR count). The molecule has 5 nitrogen and oxygen atoms in total. The Balaban J connectivity index is 1.61. The van der Waals surface area contributed by atoms with Crippen molar-refractivity contribution >= 4 is 5.91 Å². The van der Waals surface area contributed by atoms with E-state index in [0.29, 0.717) is 31.1 Å². The predicted octanol–water partition coefficient (Wildman–Crippen LogP) is 2.56. The first-order chi connectivity index (χ1) is 11.8. The van der Waals surface area contributed by atoms with Gasteiger partial charge in [0.15, 0.2) is 0 Å². The van der Waals surface area contributed by atoms with Gasteiger partial charge >= 0.3 is 0 Å². The maximum atomic E-state index is 12.7. The Morgan fingerprint density at radius 1 is 1.29 bits per heavy atom. The molecule has 0 unspecified atom stereocenters. The molecule has 24 heavy (non-hydrogen) atoms. The van der Waals surface area contributed by atoms with E-state index in [4.69, 9.17) is 9.47 Å². The molecule has 1 atom stereocenters. The SMILES string of the molecule is COc1ncccc1C(=O)N1CCO[C@H](CCc2ccccc2)C1. The normalized spacial score (nSPS) is 17.5. The Kier molecular flexibility index (Phi) is 5.43. The zero-order chi connectivity index (χ0) is 16.8. The Morgan fingerprint density at radius 3 is 2.92 bits per heavy atom. The van der Waals surface area contributed by atoms with E-state index >= 15 is 0 Å². The lowest BCUT2D eigenvalue weighted by atomic mass is 10.1. The molecule has 1 aromatic carbocycles. The molecule has 5 heteroatoms. The number of hydrogen-bond acceptors (Lipinski definition) is 4. The quantitative estimate of drug-likeness (QED) is 0.847. The number of aryl methyl sites for hydroxylation is 1. The van der Waals surface area contributed by atoms with Crippen LogP contribution in [-0.4, -0.2) is 48.7 Å². The molecule has 126 valence electrons. The largest absolute Gasteiger partial charge is 0.480 e. The zero-order valence-corrected chi connectivity index (χ0v) is 13.9. The van der Waals surface area contributed by atoms with Crippen LogP contribution in [0.25, 0.3) is 0 Å². The van der Waals surface area contributed by atoms with Crippen LogP contribution < -0.4 is 4.74 Å². The van der Waals surface area contributed by atoms with E-state index in [-0.39, 0.29) is 12.0 Å². The first kappa shape index (κ1) is 16.5. The molecule has 0 radical (unpaired) electrons. The van der Waals surface area contributed by atoms with Gasteiger partial charge in [-0.05, 0) is 30.5 Å². The van der Waals surface area contributed by atoms with Crippen molar-refractivity contribution in [3.63, 3.8) is 0 Å². The van der Waals surface area contributed by atoms with Crippen LogP contribution in [-0.2, 0) is 11.2 Å². The number of morpholine rings is 1. The van der Waals surface area contributed by atoms with Crippen LogP contribution in [0.3, 0.4) is 0 Å². The fraction of sp³-hybridized carbons (Fsp3) is 0.368. The summed E-state index contributed by atoms with van der Waals surface area (Å²) >= 11 is 0. The Labute approximate surface area is 142 Å². The highest BCUT2D eigenvalue weighted by Gasteiger charge is 2.26.